The van der Waals surface area contributed by atoms with Crippen molar-refractivity contribution in [1.82, 2.24) is 0 Å². The molecule has 20 heavy (non-hydrogen) atoms. The Morgan fingerprint density at radius 1 is 1.15 bits per heavy atom. The minimum absolute atomic E-state index is 0.0759. The number of nitrogens with zero attached hydrogens (tertiary/aromatic N) is 1. The predicted octanol–water partition coefficient (Wildman–Crippen LogP) is 4.42. The summed E-state index contributed by atoms with van der Waals surface area (Å²) in [6.45, 7) is -0.605. The summed E-state index contributed by atoms with van der Waals surface area (Å²) in [6.07, 6.45) is 0. The number of benzene rings is 2. The molecule has 0 heterocycles. The summed E-state index contributed by atoms with van der Waals surface area (Å²) < 4.78 is 28.0. The van der Waals surface area contributed by atoms with Gasteiger partial charge in [0.1, 0.15) is 6.07 Å². The number of alkyl halides is 2. The van der Waals surface area contributed by atoms with Gasteiger partial charge in [0.15, 0.2) is 0 Å². The fraction of sp³-hybridized carbons (Fsp3) is 0.133. The Hall–Kier alpha value is -2.12. The third kappa shape index (κ3) is 3.25. The van der Waals surface area contributed by atoms with Gasteiger partial charge in [0.25, 0.3) is 5.92 Å². The second-order valence-electron chi connectivity index (χ2n) is 4.23. The highest BCUT2D eigenvalue weighted by Gasteiger charge is 2.31. The number of nitrogens with one attached hydrogen (secondary N) is 1. The first-order valence-electron chi connectivity index (χ1n) is 5.90. The topological polar surface area (TPSA) is 35.8 Å². The molecule has 0 saturated carbocycles. The van der Waals surface area contributed by atoms with Crippen LogP contribution in [0.5, 0.6) is 0 Å². The van der Waals surface area contributed by atoms with Gasteiger partial charge in [-0.2, -0.15) is 14.0 Å². The highest BCUT2D eigenvalue weighted by atomic mass is 35.5. The highest BCUT2D eigenvalue weighted by Crippen LogP contribution is 2.29. The van der Waals surface area contributed by atoms with E-state index in [1.165, 1.54) is 24.3 Å². The van der Waals surface area contributed by atoms with E-state index in [0.717, 1.165) is 0 Å². The van der Waals surface area contributed by atoms with Crippen molar-refractivity contribution in [1.29, 1.82) is 5.26 Å². The Balaban J connectivity index is 2.17. The van der Waals surface area contributed by atoms with Gasteiger partial charge in [0.2, 0.25) is 0 Å². The molecule has 0 aliphatic rings. The fourth-order valence-corrected chi connectivity index (χ4v) is 1.92. The van der Waals surface area contributed by atoms with Crippen molar-refractivity contribution < 1.29 is 8.78 Å². The molecule has 0 saturated heterocycles. The molecule has 2 nitrogen and oxygen atoms in total. The van der Waals surface area contributed by atoms with Gasteiger partial charge in [0, 0.05) is 10.6 Å². The van der Waals surface area contributed by atoms with Crippen LogP contribution in [-0.4, -0.2) is 6.54 Å². The van der Waals surface area contributed by atoms with Gasteiger partial charge in [-0.1, -0.05) is 41.9 Å². The standard InChI is InChI=1S/C15H11ClF2N2/c16-13-7-6-11(9-19)14(8-13)20-10-15(17,18)12-4-2-1-3-5-12/h1-8,20H,10H2. The van der Waals surface area contributed by atoms with Crippen LogP contribution in [0.3, 0.4) is 0 Å². The molecule has 2 rings (SSSR count). The summed E-state index contributed by atoms with van der Waals surface area (Å²) in [7, 11) is 0. The summed E-state index contributed by atoms with van der Waals surface area (Å²) in [5.41, 5.74) is 0.502. The van der Waals surface area contributed by atoms with E-state index in [-0.39, 0.29) is 11.1 Å². The third-order valence-electron chi connectivity index (χ3n) is 2.80. The summed E-state index contributed by atoms with van der Waals surface area (Å²) in [5, 5.41) is 11.9. The van der Waals surface area contributed by atoms with Gasteiger partial charge in [-0.25, -0.2) is 0 Å². The first-order chi connectivity index (χ1) is 9.53. The van der Waals surface area contributed by atoms with Gasteiger partial charge in [0.05, 0.1) is 17.8 Å². The normalized spacial score (nSPS) is 10.9. The van der Waals surface area contributed by atoms with Crippen molar-refractivity contribution >= 4 is 17.3 Å². The first-order valence-corrected chi connectivity index (χ1v) is 6.27. The van der Waals surface area contributed by atoms with Gasteiger partial charge >= 0.3 is 0 Å². The molecule has 0 atom stereocenters. The van der Waals surface area contributed by atoms with E-state index in [0.29, 0.717) is 10.7 Å². The van der Waals surface area contributed by atoms with Crippen molar-refractivity contribution in [3.05, 3.63) is 64.7 Å². The van der Waals surface area contributed by atoms with Crippen LogP contribution in [0.1, 0.15) is 11.1 Å². The first kappa shape index (κ1) is 14.3. The molecule has 0 aromatic heterocycles. The van der Waals surface area contributed by atoms with Gasteiger partial charge in [-0.15, -0.1) is 0 Å². The molecule has 102 valence electrons. The van der Waals surface area contributed by atoms with E-state index in [1.54, 1.807) is 24.3 Å². The number of halogens is 3. The quantitative estimate of drug-likeness (QED) is 0.905. The third-order valence-corrected chi connectivity index (χ3v) is 3.03. The SMILES string of the molecule is N#Cc1ccc(Cl)cc1NCC(F)(F)c1ccccc1. The number of hydrogen-bond donors (Lipinski definition) is 1. The van der Waals surface area contributed by atoms with Crippen LogP contribution in [0.4, 0.5) is 14.5 Å². The molecular formula is C15H11ClF2N2. The molecule has 2 aromatic rings. The zero-order valence-corrected chi connectivity index (χ0v) is 11.2. The molecule has 0 spiro atoms. The van der Waals surface area contributed by atoms with E-state index in [9.17, 15) is 8.78 Å². The molecule has 0 fully saturated rings. The average molecular weight is 293 g/mol. The zero-order valence-electron chi connectivity index (χ0n) is 10.4. The van der Waals surface area contributed by atoms with Crippen LogP contribution >= 0.6 is 11.6 Å². The van der Waals surface area contributed by atoms with Crippen molar-refractivity contribution in [3.8, 4) is 6.07 Å². The Morgan fingerprint density at radius 3 is 2.50 bits per heavy atom. The summed E-state index contributed by atoms with van der Waals surface area (Å²) in [4.78, 5) is 0. The van der Waals surface area contributed by atoms with E-state index in [2.05, 4.69) is 5.32 Å². The van der Waals surface area contributed by atoms with Crippen LogP contribution in [0.2, 0.25) is 5.02 Å². The number of anilines is 1. The van der Waals surface area contributed by atoms with Crippen LogP contribution in [0.25, 0.3) is 0 Å². The van der Waals surface area contributed by atoms with Crippen LogP contribution in [0, 0.1) is 11.3 Å². The Morgan fingerprint density at radius 2 is 1.85 bits per heavy atom. The average Bonchev–Trinajstić information content (AvgIpc) is 2.46. The van der Waals surface area contributed by atoms with E-state index in [1.807, 2.05) is 6.07 Å². The van der Waals surface area contributed by atoms with Crippen LogP contribution < -0.4 is 5.32 Å². The summed E-state index contributed by atoms with van der Waals surface area (Å²) in [5.74, 6) is -3.03. The molecule has 0 amide bonds. The number of nitriles is 1. The minimum atomic E-state index is -3.03. The second-order valence-corrected chi connectivity index (χ2v) is 4.66. The van der Waals surface area contributed by atoms with Gasteiger partial charge in [-0.05, 0) is 18.2 Å². The Labute approximate surface area is 120 Å². The molecule has 2 aromatic carbocycles. The summed E-state index contributed by atoms with van der Waals surface area (Å²) >= 11 is 5.80. The molecule has 5 heteroatoms. The predicted molar refractivity (Wildman–Crippen MR) is 75.0 cm³/mol. The molecule has 0 unspecified atom stereocenters. The zero-order chi connectivity index (χ0) is 14.6. The van der Waals surface area contributed by atoms with Crippen LogP contribution in [0.15, 0.2) is 48.5 Å². The lowest BCUT2D eigenvalue weighted by molar-refractivity contribution is 0.0106. The molecule has 1 N–H and O–H groups in total. The lowest BCUT2D eigenvalue weighted by atomic mass is 10.1. The van der Waals surface area contributed by atoms with E-state index < -0.39 is 12.5 Å². The lowest BCUT2D eigenvalue weighted by Gasteiger charge is -2.18. The summed E-state index contributed by atoms with van der Waals surface area (Å²) in [6, 6.07) is 14.0. The lowest BCUT2D eigenvalue weighted by Crippen LogP contribution is -2.24. The van der Waals surface area contributed by atoms with Gasteiger partial charge in [-0.3, -0.25) is 0 Å². The van der Waals surface area contributed by atoms with E-state index in [4.69, 9.17) is 16.9 Å². The van der Waals surface area contributed by atoms with Crippen molar-refractivity contribution in [3.63, 3.8) is 0 Å². The maximum absolute atomic E-state index is 14.0. The maximum atomic E-state index is 14.0. The molecule has 0 bridgehead atoms. The molecular weight excluding hydrogens is 282 g/mol. The molecule has 0 aliphatic carbocycles. The van der Waals surface area contributed by atoms with E-state index >= 15 is 0 Å². The number of hydrogen-bond acceptors (Lipinski definition) is 2. The minimum Gasteiger partial charge on any atom is -0.377 e. The second kappa shape index (κ2) is 5.89. The Bertz CT molecular complexity index is 636. The van der Waals surface area contributed by atoms with Crippen LogP contribution in [-0.2, 0) is 5.92 Å². The smallest absolute Gasteiger partial charge is 0.290 e. The Kier molecular flexibility index (Phi) is 4.21. The van der Waals surface area contributed by atoms with Crippen molar-refractivity contribution in [2.75, 3.05) is 11.9 Å². The van der Waals surface area contributed by atoms with Crippen molar-refractivity contribution in [2.24, 2.45) is 0 Å². The fourth-order valence-electron chi connectivity index (χ4n) is 1.75. The number of rotatable bonds is 4. The van der Waals surface area contributed by atoms with Crippen molar-refractivity contribution in [2.45, 2.75) is 5.92 Å². The highest BCUT2D eigenvalue weighted by molar-refractivity contribution is 6.30. The maximum Gasteiger partial charge on any atom is 0.290 e. The monoisotopic (exact) mass is 292 g/mol. The molecule has 0 aliphatic heterocycles. The largest absolute Gasteiger partial charge is 0.377 e. The van der Waals surface area contributed by atoms with Gasteiger partial charge < -0.3 is 5.32 Å². The molecule has 0 radical (unpaired) electrons.